The van der Waals surface area contributed by atoms with E-state index < -0.39 is 0 Å². The second-order valence-corrected chi connectivity index (χ2v) is 4.93. The summed E-state index contributed by atoms with van der Waals surface area (Å²) in [6.45, 7) is 0. The molecular weight excluding hydrogens is 194 g/mol. The molecule has 4 atom stereocenters. The zero-order valence-electron chi connectivity index (χ0n) is 8.80. The van der Waals surface area contributed by atoms with Crippen molar-refractivity contribution >= 4 is 0 Å². The third-order valence-corrected chi connectivity index (χ3v) is 4.29. The van der Waals surface area contributed by atoms with Gasteiger partial charge in [0.25, 0.3) is 0 Å². The molecule has 1 nitrogen and oxygen atoms in total. The molecule has 76 valence electrons. The summed E-state index contributed by atoms with van der Waals surface area (Å²) < 4.78 is 0. The van der Waals surface area contributed by atoms with E-state index >= 15 is 0 Å². The van der Waals surface area contributed by atoms with Gasteiger partial charge in [0.05, 0.1) is 11.6 Å². The van der Waals surface area contributed by atoms with Gasteiger partial charge in [-0.2, -0.15) is 5.26 Å². The second kappa shape index (κ2) is 2.65. The predicted octanol–water partition coefficient (Wildman–Crippen LogP) is 3.11. The molecule has 1 aromatic rings. The molecule has 0 aromatic heterocycles. The van der Waals surface area contributed by atoms with Gasteiger partial charge in [0.1, 0.15) is 0 Å². The van der Waals surface area contributed by atoms with Gasteiger partial charge in [-0.3, -0.25) is 0 Å². The number of nitrogens with zero attached hydrogens (tertiary/aromatic N) is 1. The summed E-state index contributed by atoms with van der Waals surface area (Å²) in [6.07, 6.45) is 9.35. The topological polar surface area (TPSA) is 23.8 Å². The highest BCUT2D eigenvalue weighted by atomic mass is 14.5. The summed E-state index contributed by atoms with van der Waals surface area (Å²) in [7, 11) is 0. The van der Waals surface area contributed by atoms with Gasteiger partial charge in [0.15, 0.2) is 0 Å². The van der Waals surface area contributed by atoms with Crippen molar-refractivity contribution in [2.75, 3.05) is 0 Å². The Morgan fingerprint density at radius 1 is 0.875 bits per heavy atom. The number of allylic oxidation sites excluding steroid dienone is 4. The van der Waals surface area contributed by atoms with E-state index in [1.807, 2.05) is 6.07 Å². The van der Waals surface area contributed by atoms with Gasteiger partial charge in [-0.15, -0.1) is 0 Å². The monoisotopic (exact) mass is 205 g/mol. The van der Waals surface area contributed by atoms with Crippen molar-refractivity contribution in [2.45, 2.75) is 11.8 Å². The van der Waals surface area contributed by atoms with Crippen molar-refractivity contribution in [3.8, 4) is 6.07 Å². The predicted molar refractivity (Wildman–Crippen MR) is 61.9 cm³/mol. The van der Waals surface area contributed by atoms with E-state index in [0.29, 0.717) is 17.8 Å². The van der Waals surface area contributed by atoms with Gasteiger partial charge in [-0.25, -0.2) is 0 Å². The summed E-state index contributed by atoms with van der Waals surface area (Å²) >= 11 is 0. The van der Waals surface area contributed by atoms with Gasteiger partial charge in [0, 0.05) is 11.8 Å². The van der Waals surface area contributed by atoms with Crippen LogP contribution >= 0.6 is 0 Å². The average molecular weight is 205 g/mol. The Balaban J connectivity index is 1.95. The van der Waals surface area contributed by atoms with Gasteiger partial charge in [-0.05, 0) is 35.1 Å². The summed E-state index contributed by atoms with van der Waals surface area (Å²) in [5, 5.41) is 8.96. The van der Waals surface area contributed by atoms with Crippen LogP contribution in [0.2, 0.25) is 0 Å². The molecule has 1 aromatic carbocycles. The Hall–Kier alpha value is -1.81. The Morgan fingerprint density at radius 3 is 2.19 bits per heavy atom. The lowest BCUT2D eigenvalue weighted by molar-refractivity contribution is 0.317. The van der Waals surface area contributed by atoms with Gasteiger partial charge in [-0.1, -0.05) is 30.4 Å². The lowest BCUT2D eigenvalue weighted by atomic mass is 9.55. The van der Waals surface area contributed by atoms with E-state index in [1.165, 1.54) is 11.1 Å². The molecule has 0 saturated carbocycles. The smallest absolute Gasteiger partial charge is 0.0991 e. The lowest BCUT2D eigenvalue weighted by Gasteiger charge is -2.48. The molecule has 0 unspecified atom stereocenters. The summed E-state index contributed by atoms with van der Waals surface area (Å²) in [5.41, 5.74) is 3.62. The fraction of sp³-hybridized carbons (Fsp3) is 0.267. The van der Waals surface area contributed by atoms with Gasteiger partial charge in [0.2, 0.25) is 0 Å². The molecule has 4 aliphatic rings. The minimum atomic E-state index is 0.517. The fourth-order valence-electron chi connectivity index (χ4n) is 3.44. The van der Waals surface area contributed by atoms with Crippen molar-refractivity contribution in [1.82, 2.24) is 0 Å². The van der Waals surface area contributed by atoms with Crippen molar-refractivity contribution in [1.29, 1.82) is 5.26 Å². The number of hydrogen-bond donors (Lipinski definition) is 0. The zero-order valence-corrected chi connectivity index (χ0v) is 8.80. The van der Waals surface area contributed by atoms with Crippen molar-refractivity contribution in [2.24, 2.45) is 11.8 Å². The first-order chi connectivity index (χ1) is 7.88. The van der Waals surface area contributed by atoms with Crippen molar-refractivity contribution < 1.29 is 0 Å². The molecule has 0 saturated heterocycles. The van der Waals surface area contributed by atoms with Crippen LogP contribution in [0.1, 0.15) is 28.5 Å². The number of hydrogen-bond acceptors (Lipinski definition) is 1. The van der Waals surface area contributed by atoms with E-state index in [4.69, 9.17) is 5.26 Å². The maximum atomic E-state index is 8.96. The summed E-state index contributed by atoms with van der Waals surface area (Å²) in [5.74, 6) is 2.48. The largest absolute Gasteiger partial charge is 0.192 e. The molecule has 0 heterocycles. The molecule has 0 N–H and O–H groups in total. The van der Waals surface area contributed by atoms with E-state index in [9.17, 15) is 0 Å². The van der Waals surface area contributed by atoms with Crippen LogP contribution in [-0.2, 0) is 0 Å². The van der Waals surface area contributed by atoms with Crippen LogP contribution in [0.3, 0.4) is 0 Å². The molecule has 0 aliphatic heterocycles. The van der Waals surface area contributed by atoms with E-state index in [2.05, 4.69) is 42.5 Å². The van der Waals surface area contributed by atoms with E-state index in [-0.39, 0.29) is 0 Å². The zero-order chi connectivity index (χ0) is 10.7. The first-order valence-electron chi connectivity index (χ1n) is 5.79. The lowest BCUT2D eigenvalue weighted by Crippen LogP contribution is -2.37. The Bertz CT molecular complexity index is 574. The first-order valence-corrected chi connectivity index (χ1v) is 5.79. The summed E-state index contributed by atoms with van der Waals surface area (Å²) in [6, 6.07) is 8.42. The normalized spacial score (nSPS) is 36.2. The highest BCUT2D eigenvalue weighted by Gasteiger charge is 2.45. The molecule has 0 fully saturated rings. The van der Waals surface area contributed by atoms with Crippen LogP contribution < -0.4 is 0 Å². The molecule has 5 rings (SSSR count). The van der Waals surface area contributed by atoms with Crippen LogP contribution in [0.4, 0.5) is 0 Å². The third kappa shape index (κ3) is 0.818. The molecule has 0 radical (unpaired) electrons. The SMILES string of the molecule is N#Cc1ccc2c(c1)[C@H]1C=C[C@H]2[C@@H]2C=C[C@H]21. The Kier molecular flexibility index (Phi) is 1.38. The standard InChI is InChI=1S/C15H11N/c16-8-9-1-2-13-11-5-6-14(15(13)7-9)12-4-3-10(11)12/h1-7,10-12,14H/t10-,11-,12+,14-/m0/s1. The number of rotatable bonds is 0. The maximum absolute atomic E-state index is 8.96. The highest BCUT2D eigenvalue weighted by Crippen LogP contribution is 2.56. The molecule has 0 spiro atoms. The third-order valence-electron chi connectivity index (χ3n) is 4.29. The summed E-state index contributed by atoms with van der Waals surface area (Å²) in [4.78, 5) is 0. The number of benzene rings is 1. The Labute approximate surface area is 94.7 Å². The first kappa shape index (κ1) is 8.35. The van der Waals surface area contributed by atoms with Crippen LogP contribution in [-0.4, -0.2) is 0 Å². The average Bonchev–Trinajstić information content (AvgIpc) is 2.29. The number of nitriles is 1. The quantitative estimate of drug-likeness (QED) is 0.597. The van der Waals surface area contributed by atoms with Crippen LogP contribution in [0.25, 0.3) is 0 Å². The second-order valence-electron chi connectivity index (χ2n) is 4.93. The molecule has 2 bridgehead atoms. The van der Waals surface area contributed by atoms with Crippen molar-refractivity contribution in [3.63, 3.8) is 0 Å². The molecule has 0 amide bonds. The molecular formula is C15H11N. The highest BCUT2D eigenvalue weighted by molar-refractivity contribution is 5.53. The van der Waals surface area contributed by atoms with Crippen LogP contribution in [0, 0.1) is 23.2 Å². The Morgan fingerprint density at radius 2 is 1.56 bits per heavy atom. The van der Waals surface area contributed by atoms with E-state index in [1.54, 1.807) is 0 Å². The molecule has 16 heavy (non-hydrogen) atoms. The fourth-order valence-corrected chi connectivity index (χ4v) is 3.44. The van der Waals surface area contributed by atoms with Crippen LogP contribution in [0.5, 0.6) is 0 Å². The molecule has 4 aliphatic carbocycles. The minimum absolute atomic E-state index is 0.517. The minimum Gasteiger partial charge on any atom is -0.192 e. The van der Waals surface area contributed by atoms with Crippen molar-refractivity contribution in [3.05, 3.63) is 59.2 Å². The van der Waals surface area contributed by atoms with Gasteiger partial charge >= 0.3 is 0 Å². The van der Waals surface area contributed by atoms with Crippen LogP contribution in [0.15, 0.2) is 42.5 Å². The molecule has 1 heteroatoms. The van der Waals surface area contributed by atoms with Gasteiger partial charge < -0.3 is 0 Å². The van der Waals surface area contributed by atoms with E-state index in [0.717, 1.165) is 11.5 Å². The maximum Gasteiger partial charge on any atom is 0.0991 e.